The maximum atomic E-state index is 13.9. The lowest BCUT2D eigenvalue weighted by Crippen LogP contribution is -2.25. The third-order valence-corrected chi connectivity index (χ3v) is 7.91. The van der Waals surface area contributed by atoms with Crippen molar-refractivity contribution in [3.05, 3.63) is 87.6 Å². The fraction of sp³-hybridized carbons (Fsp3) is 0.226. The Labute approximate surface area is 241 Å². The molecule has 4 aromatic rings. The van der Waals surface area contributed by atoms with Gasteiger partial charge in [0.1, 0.15) is 11.4 Å². The van der Waals surface area contributed by atoms with Crippen LogP contribution in [0.25, 0.3) is 21.6 Å². The minimum Gasteiger partial charge on any atom is -0.493 e. The first-order valence-corrected chi connectivity index (χ1v) is 14.2. The van der Waals surface area contributed by atoms with E-state index in [4.69, 9.17) is 10.5 Å². The van der Waals surface area contributed by atoms with Gasteiger partial charge in [0, 0.05) is 52.3 Å². The first-order chi connectivity index (χ1) is 19.8. The van der Waals surface area contributed by atoms with Crippen LogP contribution in [-0.2, 0) is 13.0 Å². The van der Waals surface area contributed by atoms with Crippen molar-refractivity contribution in [3.63, 3.8) is 0 Å². The number of nitrogens with zero attached hydrogens (tertiary/aromatic N) is 1. The van der Waals surface area contributed by atoms with Gasteiger partial charge >= 0.3 is 5.97 Å². The largest absolute Gasteiger partial charge is 0.493 e. The molecule has 9 nitrogen and oxygen atoms in total. The predicted molar refractivity (Wildman–Crippen MR) is 159 cm³/mol. The van der Waals surface area contributed by atoms with Crippen molar-refractivity contribution in [1.29, 1.82) is 0 Å². The van der Waals surface area contributed by atoms with Gasteiger partial charge in [-0.05, 0) is 71.8 Å². The monoisotopic (exact) mass is 570 g/mol. The van der Waals surface area contributed by atoms with Crippen molar-refractivity contribution in [2.75, 3.05) is 18.5 Å². The zero-order valence-corrected chi connectivity index (χ0v) is 23.6. The number of carbonyl (C=O) groups excluding carboxylic acids is 2. The number of aryl methyl sites for hydroxylation is 1. The van der Waals surface area contributed by atoms with Crippen LogP contribution in [0.2, 0.25) is 0 Å². The lowest BCUT2D eigenvalue weighted by atomic mass is 9.93. The summed E-state index contributed by atoms with van der Waals surface area (Å²) < 4.78 is 6.09. The second-order valence-electron chi connectivity index (χ2n) is 9.73. The molecule has 1 aliphatic rings. The second kappa shape index (κ2) is 11.9. The van der Waals surface area contributed by atoms with Crippen LogP contribution in [0.3, 0.4) is 0 Å². The SMILES string of the molecule is CCCNC(=O)c1ccc(-c2cc3c(cc2C(=O)Nc2ccc(CN)cc2C)-c2sccc2CCO3)c(C(=O)O)n1. The molecule has 5 N–H and O–H groups in total. The van der Waals surface area contributed by atoms with E-state index in [-0.39, 0.29) is 22.5 Å². The summed E-state index contributed by atoms with van der Waals surface area (Å²) in [7, 11) is 0. The van der Waals surface area contributed by atoms with E-state index in [2.05, 4.69) is 15.6 Å². The maximum absolute atomic E-state index is 13.9. The van der Waals surface area contributed by atoms with E-state index in [0.717, 1.165) is 33.6 Å². The van der Waals surface area contributed by atoms with Gasteiger partial charge in [-0.2, -0.15) is 0 Å². The van der Waals surface area contributed by atoms with Gasteiger partial charge in [0.05, 0.1) is 6.61 Å². The fourth-order valence-electron chi connectivity index (χ4n) is 4.80. The highest BCUT2D eigenvalue weighted by Crippen LogP contribution is 2.43. The molecule has 210 valence electrons. The Kier molecular flexibility index (Phi) is 8.14. The summed E-state index contributed by atoms with van der Waals surface area (Å²) in [5, 5.41) is 17.8. The Bertz CT molecular complexity index is 1660. The fourth-order valence-corrected chi connectivity index (χ4v) is 5.78. The summed E-state index contributed by atoms with van der Waals surface area (Å²) in [6.07, 6.45) is 1.43. The average molecular weight is 571 g/mol. The van der Waals surface area contributed by atoms with E-state index in [9.17, 15) is 19.5 Å². The van der Waals surface area contributed by atoms with E-state index >= 15 is 0 Å². The molecule has 1 aliphatic heterocycles. The van der Waals surface area contributed by atoms with Gasteiger partial charge in [0.15, 0.2) is 5.69 Å². The number of thiophene rings is 1. The Morgan fingerprint density at radius 2 is 1.88 bits per heavy atom. The van der Waals surface area contributed by atoms with Gasteiger partial charge in [-0.25, -0.2) is 9.78 Å². The van der Waals surface area contributed by atoms with Crippen molar-refractivity contribution < 1.29 is 24.2 Å². The molecule has 0 aliphatic carbocycles. The molecule has 3 heterocycles. The number of nitrogens with two attached hydrogens (primary N) is 1. The Hall–Kier alpha value is -4.54. The summed E-state index contributed by atoms with van der Waals surface area (Å²) in [6.45, 7) is 5.06. The summed E-state index contributed by atoms with van der Waals surface area (Å²) in [4.78, 5) is 44.0. The van der Waals surface area contributed by atoms with Gasteiger partial charge in [-0.1, -0.05) is 19.1 Å². The zero-order valence-electron chi connectivity index (χ0n) is 22.7. The summed E-state index contributed by atoms with van der Waals surface area (Å²) >= 11 is 1.56. The number of carbonyl (C=O) groups is 3. The second-order valence-corrected chi connectivity index (χ2v) is 10.6. The van der Waals surface area contributed by atoms with E-state index in [1.807, 2.05) is 37.4 Å². The zero-order chi connectivity index (χ0) is 29.1. The lowest BCUT2D eigenvalue weighted by molar-refractivity contribution is 0.0691. The lowest BCUT2D eigenvalue weighted by Gasteiger charge is -2.18. The molecule has 2 aromatic carbocycles. The number of hydrogen-bond donors (Lipinski definition) is 4. The van der Waals surface area contributed by atoms with Crippen LogP contribution in [0.4, 0.5) is 5.69 Å². The van der Waals surface area contributed by atoms with Crippen molar-refractivity contribution in [1.82, 2.24) is 10.3 Å². The van der Waals surface area contributed by atoms with E-state index in [1.54, 1.807) is 29.5 Å². The Morgan fingerprint density at radius 1 is 1.05 bits per heavy atom. The topological polar surface area (TPSA) is 144 Å². The molecule has 41 heavy (non-hydrogen) atoms. The maximum Gasteiger partial charge on any atom is 0.355 e. The molecule has 0 atom stereocenters. The van der Waals surface area contributed by atoms with E-state index in [0.29, 0.717) is 43.1 Å². The highest BCUT2D eigenvalue weighted by atomic mass is 32.1. The minimum atomic E-state index is -1.32. The number of rotatable bonds is 8. The van der Waals surface area contributed by atoms with Crippen LogP contribution in [0, 0.1) is 6.92 Å². The number of benzene rings is 2. The average Bonchev–Trinajstić information content (AvgIpc) is 3.37. The molecule has 10 heteroatoms. The van der Waals surface area contributed by atoms with Gasteiger partial charge in [0.25, 0.3) is 11.8 Å². The number of hydrogen-bond acceptors (Lipinski definition) is 7. The van der Waals surface area contributed by atoms with E-state index < -0.39 is 17.8 Å². The highest BCUT2D eigenvalue weighted by molar-refractivity contribution is 7.13. The molecule has 0 unspecified atom stereocenters. The molecular formula is C31H30N4O5S. The highest BCUT2D eigenvalue weighted by Gasteiger charge is 2.26. The summed E-state index contributed by atoms with van der Waals surface area (Å²) in [5.74, 6) is -1.66. The number of pyridine rings is 1. The van der Waals surface area contributed by atoms with Crippen molar-refractivity contribution in [2.24, 2.45) is 5.73 Å². The first kappa shape index (κ1) is 28.0. The Balaban J connectivity index is 1.66. The quantitative estimate of drug-likeness (QED) is 0.226. The van der Waals surface area contributed by atoms with Crippen LogP contribution >= 0.6 is 11.3 Å². The number of ether oxygens (including phenoxy) is 1. The van der Waals surface area contributed by atoms with Gasteiger partial charge < -0.3 is 26.2 Å². The molecule has 0 fully saturated rings. The number of fused-ring (bicyclic) bond motifs is 3. The number of carboxylic acid groups (broad SMARTS) is 1. The number of anilines is 1. The third-order valence-electron chi connectivity index (χ3n) is 6.92. The normalized spacial score (nSPS) is 12.0. The minimum absolute atomic E-state index is 0.0181. The van der Waals surface area contributed by atoms with Crippen LogP contribution in [0.5, 0.6) is 5.75 Å². The third kappa shape index (κ3) is 5.70. The van der Waals surface area contributed by atoms with E-state index in [1.165, 1.54) is 12.1 Å². The van der Waals surface area contributed by atoms with Gasteiger partial charge in [-0.15, -0.1) is 11.3 Å². The summed E-state index contributed by atoms with van der Waals surface area (Å²) in [5.41, 5.74) is 10.5. The van der Waals surface area contributed by atoms with Crippen LogP contribution < -0.4 is 21.1 Å². The molecule has 0 bridgehead atoms. The van der Waals surface area contributed by atoms with Crippen molar-refractivity contribution >= 4 is 34.8 Å². The van der Waals surface area contributed by atoms with Crippen molar-refractivity contribution in [3.8, 4) is 27.3 Å². The number of amides is 2. The molecule has 0 saturated heterocycles. The smallest absolute Gasteiger partial charge is 0.355 e. The molecular weight excluding hydrogens is 540 g/mol. The molecule has 2 amide bonds. The van der Waals surface area contributed by atoms with Crippen LogP contribution in [0.15, 0.2) is 53.9 Å². The Morgan fingerprint density at radius 3 is 2.61 bits per heavy atom. The summed E-state index contributed by atoms with van der Waals surface area (Å²) in [6, 6.07) is 14.0. The number of carboxylic acids is 1. The van der Waals surface area contributed by atoms with Gasteiger partial charge in [0.2, 0.25) is 0 Å². The molecule has 0 radical (unpaired) electrons. The number of aromatic nitrogens is 1. The molecule has 5 rings (SSSR count). The van der Waals surface area contributed by atoms with Gasteiger partial charge in [-0.3, -0.25) is 9.59 Å². The number of nitrogens with one attached hydrogen (secondary N) is 2. The molecule has 0 saturated carbocycles. The standard InChI is InChI=1S/C31H30N4O5S/c1-3-10-33-30(37)25-7-5-20(27(34-25)31(38)39)21-15-26-23(28-19(8-11-40-26)9-12-41-28)14-22(21)29(36)35-24-6-4-18(16-32)13-17(24)2/h4-7,9,12-15H,3,8,10-11,16,32H2,1-2H3,(H,33,37)(H,35,36)(H,38,39). The van der Waals surface area contributed by atoms with Crippen molar-refractivity contribution in [2.45, 2.75) is 33.2 Å². The number of aromatic carboxylic acids is 1. The first-order valence-electron chi connectivity index (χ1n) is 13.3. The van der Waals surface area contributed by atoms with Crippen LogP contribution in [0.1, 0.15) is 61.4 Å². The molecule has 2 aromatic heterocycles. The van der Waals surface area contributed by atoms with Crippen LogP contribution in [-0.4, -0.2) is 41.0 Å². The molecule has 0 spiro atoms. The predicted octanol–water partition coefficient (Wildman–Crippen LogP) is 5.27.